The number of hydrogen-bond acceptors (Lipinski definition) is 2. The SMILES string of the molecule is Cc1c(C(=O)Cl)cc(CS(=O)O)c(Br)c1C. The maximum atomic E-state index is 11.2. The number of rotatable bonds is 3. The van der Waals surface area contributed by atoms with Crippen molar-refractivity contribution < 1.29 is 13.6 Å². The van der Waals surface area contributed by atoms with E-state index in [-0.39, 0.29) is 5.75 Å². The van der Waals surface area contributed by atoms with Crippen molar-refractivity contribution in [1.29, 1.82) is 0 Å². The Hall–Kier alpha value is -0.230. The van der Waals surface area contributed by atoms with E-state index in [1.165, 1.54) is 0 Å². The number of carbonyl (C=O) groups excluding carboxylic acids is 1. The van der Waals surface area contributed by atoms with Gasteiger partial charge < -0.3 is 4.55 Å². The maximum absolute atomic E-state index is 11.2. The molecule has 88 valence electrons. The van der Waals surface area contributed by atoms with Gasteiger partial charge in [0, 0.05) is 10.0 Å². The summed E-state index contributed by atoms with van der Waals surface area (Å²) in [5.74, 6) is -0.0289. The molecule has 1 aromatic carbocycles. The van der Waals surface area contributed by atoms with E-state index in [0.717, 1.165) is 15.6 Å². The Morgan fingerprint density at radius 1 is 1.50 bits per heavy atom. The van der Waals surface area contributed by atoms with Gasteiger partial charge in [-0.15, -0.1) is 0 Å². The molecule has 0 amide bonds. The molecule has 3 nitrogen and oxygen atoms in total. The molecule has 0 fully saturated rings. The first-order chi connectivity index (χ1) is 7.34. The molecule has 0 aliphatic heterocycles. The van der Waals surface area contributed by atoms with Crippen LogP contribution in [0.5, 0.6) is 0 Å². The van der Waals surface area contributed by atoms with Gasteiger partial charge in [0.1, 0.15) is 0 Å². The Morgan fingerprint density at radius 2 is 2.06 bits per heavy atom. The molecule has 1 atom stereocenters. The number of carbonyl (C=O) groups is 1. The minimum Gasteiger partial charge on any atom is -0.306 e. The van der Waals surface area contributed by atoms with Gasteiger partial charge in [0.25, 0.3) is 5.24 Å². The molecule has 1 rings (SSSR count). The zero-order chi connectivity index (χ0) is 12.5. The van der Waals surface area contributed by atoms with Crippen molar-refractivity contribution in [3.05, 3.63) is 32.8 Å². The molecule has 1 unspecified atom stereocenters. The lowest BCUT2D eigenvalue weighted by atomic mass is 10.0. The highest BCUT2D eigenvalue weighted by molar-refractivity contribution is 9.10. The molecule has 0 radical (unpaired) electrons. The van der Waals surface area contributed by atoms with Crippen LogP contribution in [-0.2, 0) is 16.8 Å². The average Bonchev–Trinajstić information content (AvgIpc) is 2.18. The van der Waals surface area contributed by atoms with Gasteiger partial charge in [0.05, 0.1) is 5.75 Å². The Kier molecular flexibility index (Phi) is 4.67. The molecule has 0 aliphatic carbocycles. The van der Waals surface area contributed by atoms with Crippen LogP contribution < -0.4 is 0 Å². The van der Waals surface area contributed by atoms with Crippen molar-refractivity contribution in [1.82, 2.24) is 0 Å². The van der Waals surface area contributed by atoms with E-state index >= 15 is 0 Å². The second-order valence-corrected chi connectivity index (χ2v) is 5.45. The normalized spacial score (nSPS) is 12.6. The van der Waals surface area contributed by atoms with E-state index in [9.17, 15) is 9.00 Å². The highest BCUT2D eigenvalue weighted by Gasteiger charge is 2.15. The van der Waals surface area contributed by atoms with E-state index in [1.54, 1.807) is 13.0 Å². The van der Waals surface area contributed by atoms with Crippen LogP contribution in [0.3, 0.4) is 0 Å². The molecule has 1 N–H and O–H groups in total. The van der Waals surface area contributed by atoms with Gasteiger partial charge in [0.15, 0.2) is 11.1 Å². The van der Waals surface area contributed by atoms with Crippen molar-refractivity contribution >= 4 is 43.9 Å². The molecule has 0 aromatic heterocycles. The first-order valence-electron chi connectivity index (χ1n) is 4.40. The predicted octanol–water partition coefficient (Wildman–Crippen LogP) is 3.17. The fourth-order valence-corrected chi connectivity index (χ4v) is 2.82. The van der Waals surface area contributed by atoms with Crippen LogP contribution in [0.4, 0.5) is 0 Å². The first-order valence-corrected chi connectivity index (χ1v) is 6.85. The van der Waals surface area contributed by atoms with E-state index in [4.69, 9.17) is 16.2 Å². The summed E-state index contributed by atoms with van der Waals surface area (Å²) in [6.07, 6.45) is 0. The van der Waals surface area contributed by atoms with Crippen LogP contribution in [0.2, 0.25) is 0 Å². The molecule has 0 saturated heterocycles. The summed E-state index contributed by atoms with van der Waals surface area (Å²) in [7, 11) is 0. The van der Waals surface area contributed by atoms with Crippen LogP contribution >= 0.6 is 27.5 Å². The average molecular weight is 326 g/mol. The Bertz CT molecular complexity index is 474. The largest absolute Gasteiger partial charge is 0.306 e. The third-order valence-corrected chi connectivity index (χ3v) is 4.25. The third-order valence-electron chi connectivity index (χ3n) is 2.39. The molecule has 6 heteroatoms. The van der Waals surface area contributed by atoms with Crippen molar-refractivity contribution in [2.75, 3.05) is 0 Å². The molecule has 1 aromatic rings. The van der Waals surface area contributed by atoms with Gasteiger partial charge >= 0.3 is 0 Å². The predicted molar refractivity (Wildman–Crippen MR) is 68.3 cm³/mol. The van der Waals surface area contributed by atoms with Crippen LogP contribution in [0, 0.1) is 13.8 Å². The van der Waals surface area contributed by atoms with E-state index < -0.39 is 16.3 Å². The van der Waals surface area contributed by atoms with Gasteiger partial charge in [-0.05, 0) is 48.2 Å². The van der Waals surface area contributed by atoms with E-state index in [0.29, 0.717) is 11.1 Å². The van der Waals surface area contributed by atoms with Crippen molar-refractivity contribution in [3.63, 3.8) is 0 Å². The summed E-state index contributed by atoms with van der Waals surface area (Å²) >= 11 is 6.84. The summed E-state index contributed by atoms with van der Waals surface area (Å²) in [5, 5.41) is -0.557. The Balaban J connectivity index is 3.40. The number of hydrogen-bond donors (Lipinski definition) is 1. The summed E-state index contributed by atoms with van der Waals surface area (Å²) in [6.45, 7) is 3.61. The van der Waals surface area contributed by atoms with E-state index in [2.05, 4.69) is 15.9 Å². The topological polar surface area (TPSA) is 54.4 Å². The quantitative estimate of drug-likeness (QED) is 0.686. The third kappa shape index (κ3) is 2.91. The number of halogens is 2. The second-order valence-electron chi connectivity index (χ2n) is 3.39. The van der Waals surface area contributed by atoms with Gasteiger partial charge in [-0.1, -0.05) is 15.9 Å². The summed E-state index contributed by atoms with van der Waals surface area (Å²) in [5.41, 5.74) is 2.61. The molecular formula is C10H10BrClO3S. The number of benzene rings is 1. The molecular weight excluding hydrogens is 316 g/mol. The molecule has 0 heterocycles. The fraction of sp³-hybridized carbons (Fsp3) is 0.300. The van der Waals surface area contributed by atoms with E-state index in [1.807, 2.05) is 6.92 Å². The zero-order valence-corrected chi connectivity index (χ0v) is 11.9. The lowest BCUT2D eigenvalue weighted by Gasteiger charge is -2.11. The zero-order valence-electron chi connectivity index (χ0n) is 8.71. The fourth-order valence-electron chi connectivity index (χ4n) is 1.40. The van der Waals surface area contributed by atoms with Gasteiger partial charge in [-0.3, -0.25) is 4.79 Å². The van der Waals surface area contributed by atoms with Crippen LogP contribution in [0.15, 0.2) is 10.5 Å². The Morgan fingerprint density at radius 3 is 2.50 bits per heavy atom. The van der Waals surface area contributed by atoms with Crippen molar-refractivity contribution in [2.24, 2.45) is 0 Å². The second kappa shape index (κ2) is 5.40. The summed E-state index contributed by atoms with van der Waals surface area (Å²) in [4.78, 5) is 11.2. The molecule has 0 bridgehead atoms. The molecule has 16 heavy (non-hydrogen) atoms. The van der Waals surface area contributed by atoms with Crippen LogP contribution in [-0.4, -0.2) is 14.0 Å². The Labute approximate surface area is 110 Å². The minimum absolute atomic E-state index is 0.0289. The van der Waals surface area contributed by atoms with Crippen molar-refractivity contribution in [2.45, 2.75) is 19.6 Å². The lowest BCUT2D eigenvalue weighted by Crippen LogP contribution is -2.03. The molecule has 0 aliphatic rings. The van der Waals surface area contributed by atoms with Crippen molar-refractivity contribution in [3.8, 4) is 0 Å². The van der Waals surface area contributed by atoms with Crippen LogP contribution in [0.1, 0.15) is 27.0 Å². The first kappa shape index (κ1) is 13.8. The van der Waals surface area contributed by atoms with Gasteiger partial charge in [-0.2, -0.15) is 0 Å². The maximum Gasteiger partial charge on any atom is 0.252 e. The molecule has 0 saturated carbocycles. The van der Waals surface area contributed by atoms with Gasteiger partial charge in [-0.25, -0.2) is 4.21 Å². The summed E-state index contributed by atoms with van der Waals surface area (Å²) in [6, 6.07) is 1.55. The van der Waals surface area contributed by atoms with Crippen LogP contribution in [0.25, 0.3) is 0 Å². The molecule has 0 spiro atoms. The summed E-state index contributed by atoms with van der Waals surface area (Å²) < 4.78 is 20.4. The lowest BCUT2D eigenvalue weighted by molar-refractivity contribution is 0.108. The highest BCUT2D eigenvalue weighted by Crippen LogP contribution is 2.28. The highest BCUT2D eigenvalue weighted by atomic mass is 79.9. The van der Waals surface area contributed by atoms with Gasteiger partial charge in [0.2, 0.25) is 0 Å². The minimum atomic E-state index is -1.95. The monoisotopic (exact) mass is 324 g/mol. The standard InChI is InChI=1S/C10H10BrClO3S/c1-5-6(2)9(11)7(4-16(14)15)3-8(5)10(12)13/h3H,4H2,1-2H3,(H,14,15). The smallest absolute Gasteiger partial charge is 0.252 e.